The second-order valence-electron chi connectivity index (χ2n) is 8.08. The van der Waals surface area contributed by atoms with Gasteiger partial charge in [-0.15, -0.1) is 11.8 Å². The molecule has 0 bridgehead atoms. The average molecular weight is 429 g/mol. The number of benzene rings is 3. The van der Waals surface area contributed by atoms with Gasteiger partial charge < -0.3 is 4.74 Å². The van der Waals surface area contributed by atoms with E-state index in [-0.39, 0.29) is 16.5 Å². The predicted molar refractivity (Wildman–Crippen MR) is 131 cm³/mol. The molecule has 0 saturated heterocycles. The van der Waals surface area contributed by atoms with Crippen molar-refractivity contribution in [1.29, 1.82) is 0 Å². The third-order valence-electron chi connectivity index (χ3n) is 5.63. The van der Waals surface area contributed by atoms with Gasteiger partial charge in [0.2, 0.25) is 0 Å². The third kappa shape index (κ3) is 4.47. The van der Waals surface area contributed by atoms with Crippen molar-refractivity contribution in [3.8, 4) is 11.1 Å². The Labute approximate surface area is 189 Å². The molecule has 31 heavy (non-hydrogen) atoms. The molecule has 158 valence electrons. The second kappa shape index (κ2) is 9.57. The molecule has 4 rings (SSSR count). The number of rotatable bonds is 6. The van der Waals surface area contributed by atoms with Crippen molar-refractivity contribution in [2.75, 3.05) is 6.61 Å². The van der Waals surface area contributed by atoms with Crippen molar-refractivity contribution in [3.05, 3.63) is 102 Å². The summed E-state index contributed by atoms with van der Waals surface area (Å²) in [5.41, 5.74) is 6.59. The average Bonchev–Trinajstić information content (AvgIpc) is 3.22. The quantitative estimate of drug-likeness (QED) is 0.389. The van der Waals surface area contributed by atoms with Gasteiger partial charge in [-0.2, -0.15) is 0 Å². The summed E-state index contributed by atoms with van der Waals surface area (Å²) in [4.78, 5) is 13.1. The number of esters is 1. The molecule has 0 amide bonds. The van der Waals surface area contributed by atoms with E-state index < -0.39 is 0 Å². The minimum Gasteiger partial charge on any atom is -0.463 e. The van der Waals surface area contributed by atoms with Crippen LogP contribution in [0.4, 0.5) is 0 Å². The summed E-state index contributed by atoms with van der Waals surface area (Å²) in [5.74, 6) is 0.144. The SMILES string of the molecule is CCOC(=O)C1=C(c2ccc(-c3ccccc3)cc2)C(c2ccccc2)SC1C(C)C. The van der Waals surface area contributed by atoms with Gasteiger partial charge >= 0.3 is 5.97 Å². The predicted octanol–water partition coefficient (Wildman–Crippen LogP) is 7.18. The van der Waals surface area contributed by atoms with E-state index in [0.29, 0.717) is 12.5 Å². The lowest BCUT2D eigenvalue weighted by molar-refractivity contribution is -0.138. The Bertz CT molecular complexity index is 1050. The van der Waals surface area contributed by atoms with Gasteiger partial charge in [0.05, 0.1) is 17.4 Å². The largest absolute Gasteiger partial charge is 0.463 e. The summed E-state index contributed by atoms with van der Waals surface area (Å²) in [7, 11) is 0. The van der Waals surface area contributed by atoms with Crippen LogP contribution in [-0.2, 0) is 9.53 Å². The first-order chi connectivity index (χ1) is 15.1. The maximum absolute atomic E-state index is 13.1. The zero-order valence-corrected chi connectivity index (χ0v) is 19.1. The summed E-state index contributed by atoms with van der Waals surface area (Å²) in [6.07, 6.45) is 0. The highest BCUT2D eigenvalue weighted by Crippen LogP contribution is 2.55. The highest BCUT2D eigenvalue weighted by atomic mass is 32.2. The molecule has 3 aromatic rings. The summed E-state index contributed by atoms with van der Waals surface area (Å²) >= 11 is 1.86. The van der Waals surface area contributed by atoms with Crippen LogP contribution in [-0.4, -0.2) is 17.8 Å². The van der Waals surface area contributed by atoms with E-state index in [2.05, 4.69) is 86.6 Å². The number of ether oxygens (including phenoxy) is 1. The molecular weight excluding hydrogens is 400 g/mol. The Hall–Kier alpha value is -2.78. The third-order valence-corrected chi connectivity index (χ3v) is 7.48. The molecular formula is C28H28O2S. The van der Waals surface area contributed by atoms with Gasteiger partial charge in [-0.3, -0.25) is 0 Å². The van der Waals surface area contributed by atoms with Gasteiger partial charge in [0, 0.05) is 5.25 Å². The molecule has 3 aromatic carbocycles. The topological polar surface area (TPSA) is 26.3 Å². The lowest BCUT2D eigenvalue weighted by atomic mass is 9.88. The molecule has 1 heterocycles. The van der Waals surface area contributed by atoms with Gasteiger partial charge in [-0.25, -0.2) is 4.79 Å². The lowest BCUT2D eigenvalue weighted by Gasteiger charge is -2.18. The monoisotopic (exact) mass is 428 g/mol. The maximum atomic E-state index is 13.1. The second-order valence-corrected chi connectivity index (χ2v) is 9.33. The van der Waals surface area contributed by atoms with Crippen LogP contribution >= 0.6 is 11.8 Å². The molecule has 3 heteroatoms. The number of carbonyl (C=O) groups is 1. The molecule has 2 nitrogen and oxygen atoms in total. The van der Waals surface area contributed by atoms with Gasteiger partial charge in [-0.1, -0.05) is 98.8 Å². The fourth-order valence-electron chi connectivity index (χ4n) is 4.16. The number of hydrogen-bond acceptors (Lipinski definition) is 3. The Balaban J connectivity index is 1.84. The van der Waals surface area contributed by atoms with Crippen molar-refractivity contribution in [1.82, 2.24) is 0 Å². The molecule has 1 aliphatic rings. The highest BCUT2D eigenvalue weighted by Gasteiger charge is 2.41. The summed E-state index contributed by atoms with van der Waals surface area (Å²) in [6.45, 7) is 6.61. The molecule has 0 N–H and O–H groups in total. The van der Waals surface area contributed by atoms with E-state index in [1.165, 1.54) is 16.7 Å². The fourth-order valence-corrected chi connectivity index (χ4v) is 5.84. The first kappa shape index (κ1) is 21.5. The van der Waals surface area contributed by atoms with E-state index in [4.69, 9.17) is 4.74 Å². The van der Waals surface area contributed by atoms with Crippen LogP contribution in [0, 0.1) is 5.92 Å². The number of thioether (sulfide) groups is 1. The molecule has 0 fully saturated rings. The van der Waals surface area contributed by atoms with Crippen LogP contribution in [0.2, 0.25) is 0 Å². The van der Waals surface area contributed by atoms with Crippen LogP contribution < -0.4 is 0 Å². The van der Waals surface area contributed by atoms with Gasteiger partial charge in [0.25, 0.3) is 0 Å². The van der Waals surface area contributed by atoms with Crippen molar-refractivity contribution >= 4 is 23.3 Å². The summed E-state index contributed by atoms with van der Waals surface area (Å²) < 4.78 is 5.53. The standard InChI is InChI=1S/C28H28O2S/c1-4-30-28(29)25-24(22-17-15-21(16-18-22)20-11-7-5-8-12-20)27(31-26(25)19(2)3)23-13-9-6-10-14-23/h5-19,26-27H,4H2,1-3H3. The number of hydrogen-bond donors (Lipinski definition) is 0. The normalized spacial score (nSPS) is 18.5. The van der Waals surface area contributed by atoms with Crippen molar-refractivity contribution < 1.29 is 9.53 Å². The molecule has 0 aliphatic carbocycles. The van der Waals surface area contributed by atoms with E-state index in [1.807, 2.05) is 30.8 Å². The van der Waals surface area contributed by atoms with Crippen LogP contribution in [0.25, 0.3) is 16.7 Å². The van der Waals surface area contributed by atoms with Crippen molar-refractivity contribution in [2.24, 2.45) is 5.92 Å². The van der Waals surface area contributed by atoms with Crippen LogP contribution in [0.1, 0.15) is 37.1 Å². The summed E-state index contributed by atoms with van der Waals surface area (Å²) in [5, 5.41) is 0.212. The Morgan fingerprint density at radius 1 is 0.839 bits per heavy atom. The lowest BCUT2D eigenvalue weighted by Crippen LogP contribution is -2.20. The fraction of sp³-hybridized carbons (Fsp3) is 0.250. The minimum atomic E-state index is -0.186. The highest BCUT2D eigenvalue weighted by molar-refractivity contribution is 8.01. The molecule has 0 radical (unpaired) electrons. The van der Waals surface area contributed by atoms with E-state index in [0.717, 1.165) is 16.7 Å². The summed E-state index contributed by atoms with van der Waals surface area (Å²) in [6, 6.07) is 29.4. The first-order valence-corrected chi connectivity index (χ1v) is 11.8. The molecule has 1 aliphatic heterocycles. The van der Waals surface area contributed by atoms with Crippen LogP contribution in [0.5, 0.6) is 0 Å². The zero-order chi connectivity index (χ0) is 21.8. The van der Waals surface area contributed by atoms with Gasteiger partial charge in [0.1, 0.15) is 0 Å². The van der Waals surface area contributed by atoms with E-state index >= 15 is 0 Å². The molecule has 0 saturated carbocycles. The molecule has 0 aromatic heterocycles. The van der Waals surface area contributed by atoms with Crippen LogP contribution in [0.15, 0.2) is 90.5 Å². The van der Waals surface area contributed by atoms with Crippen LogP contribution in [0.3, 0.4) is 0 Å². The van der Waals surface area contributed by atoms with E-state index in [1.54, 1.807) is 0 Å². The van der Waals surface area contributed by atoms with E-state index in [9.17, 15) is 4.79 Å². The Kier molecular flexibility index (Phi) is 6.62. The molecule has 0 spiro atoms. The smallest absolute Gasteiger partial charge is 0.335 e. The Morgan fingerprint density at radius 3 is 1.97 bits per heavy atom. The maximum Gasteiger partial charge on any atom is 0.335 e. The Morgan fingerprint density at radius 2 is 1.39 bits per heavy atom. The number of carbonyl (C=O) groups excluding carboxylic acids is 1. The first-order valence-electron chi connectivity index (χ1n) is 10.9. The van der Waals surface area contributed by atoms with Crippen molar-refractivity contribution in [3.63, 3.8) is 0 Å². The molecule has 2 unspecified atom stereocenters. The van der Waals surface area contributed by atoms with Crippen molar-refractivity contribution in [2.45, 2.75) is 31.3 Å². The van der Waals surface area contributed by atoms with Gasteiger partial charge in [-0.05, 0) is 40.7 Å². The molecule has 2 atom stereocenters. The van der Waals surface area contributed by atoms with Gasteiger partial charge in [0.15, 0.2) is 0 Å². The zero-order valence-electron chi connectivity index (χ0n) is 18.2. The minimum absolute atomic E-state index is 0.105.